The van der Waals surface area contributed by atoms with Crippen molar-refractivity contribution in [3.05, 3.63) is 0 Å². The second kappa shape index (κ2) is 5.62. The van der Waals surface area contributed by atoms with Gasteiger partial charge in [0.1, 0.15) is 6.54 Å². The zero-order valence-electron chi connectivity index (χ0n) is 9.59. The molecule has 1 heterocycles. The van der Waals surface area contributed by atoms with Gasteiger partial charge in [0.25, 0.3) is 0 Å². The van der Waals surface area contributed by atoms with Gasteiger partial charge >= 0.3 is 5.97 Å². The van der Waals surface area contributed by atoms with E-state index < -0.39 is 30.2 Å². The molecule has 2 amide bonds. The number of nitrogens with zero attached hydrogens (tertiary/aromatic N) is 1. The van der Waals surface area contributed by atoms with E-state index in [9.17, 15) is 14.4 Å². The smallest absolute Gasteiger partial charge is 0.323 e. The molecule has 0 bridgehead atoms. The van der Waals surface area contributed by atoms with Crippen molar-refractivity contribution in [2.75, 3.05) is 19.7 Å². The Kier molecular flexibility index (Phi) is 4.45. The van der Waals surface area contributed by atoms with Crippen molar-refractivity contribution in [3.63, 3.8) is 0 Å². The summed E-state index contributed by atoms with van der Waals surface area (Å²) in [5.74, 6) is -2.69. The summed E-state index contributed by atoms with van der Waals surface area (Å²) < 4.78 is 5.24. The van der Waals surface area contributed by atoms with Gasteiger partial charge in [-0.2, -0.15) is 0 Å². The molecule has 1 rings (SSSR count). The van der Waals surface area contributed by atoms with Crippen molar-refractivity contribution >= 4 is 17.8 Å². The van der Waals surface area contributed by atoms with E-state index in [2.05, 4.69) is 0 Å². The van der Waals surface area contributed by atoms with E-state index in [0.29, 0.717) is 13.0 Å². The molecule has 1 aliphatic heterocycles. The molecule has 0 aromatic heterocycles. The molecule has 2 unspecified atom stereocenters. The van der Waals surface area contributed by atoms with E-state index in [1.54, 1.807) is 6.92 Å². The van der Waals surface area contributed by atoms with Gasteiger partial charge in [-0.1, -0.05) is 0 Å². The third-order valence-electron chi connectivity index (χ3n) is 2.68. The van der Waals surface area contributed by atoms with Crippen LogP contribution in [0.25, 0.3) is 0 Å². The molecule has 0 spiro atoms. The van der Waals surface area contributed by atoms with Crippen molar-refractivity contribution in [3.8, 4) is 0 Å². The first-order chi connectivity index (χ1) is 7.91. The number of carbonyl (C=O) groups excluding carboxylic acids is 2. The molecular weight excluding hydrogens is 228 g/mol. The number of ether oxygens (including phenoxy) is 1. The Hall–Kier alpha value is -1.63. The van der Waals surface area contributed by atoms with E-state index in [-0.39, 0.29) is 12.6 Å². The monoisotopic (exact) mass is 244 g/mol. The van der Waals surface area contributed by atoms with E-state index in [0.717, 1.165) is 4.90 Å². The van der Waals surface area contributed by atoms with Crippen LogP contribution in [0.5, 0.6) is 0 Å². The first-order valence-electron chi connectivity index (χ1n) is 5.32. The Morgan fingerprint density at radius 1 is 1.41 bits per heavy atom. The number of carboxylic acid groups (broad SMARTS) is 1. The van der Waals surface area contributed by atoms with Crippen LogP contribution in [0.2, 0.25) is 0 Å². The topological polar surface area (TPSA) is 110 Å². The zero-order chi connectivity index (χ0) is 13.0. The fourth-order valence-electron chi connectivity index (χ4n) is 1.85. The Balaban J connectivity index is 2.70. The molecule has 96 valence electrons. The molecule has 3 N–H and O–H groups in total. The van der Waals surface area contributed by atoms with Crippen LogP contribution in [0.15, 0.2) is 0 Å². The van der Waals surface area contributed by atoms with E-state index in [4.69, 9.17) is 15.6 Å². The molecule has 0 saturated carbocycles. The van der Waals surface area contributed by atoms with Crippen LogP contribution in [-0.4, -0.2) is 53.6 Å². The fraction of sp³-hybridized carbons (Fsp3) is 0.700. The van der Waals surface area contributed by atoms with E-state index in [1.807, 2.05) is 0 Å². The van der Waals surface area contributed by atoms with Gasteiger partial charge in [0.2, 0.25) is 11.8 Å². The lowest BCUT2D eigenvalue weighted by Crippen LogP contribution is -2.45. The average molecular weight is 244 g/mol. The lowest BCUT2D eigenvalue weighted by Gasteiger charge is -2.23. The number of hydrogen-bond donors (Lipinski definition) is 2. The predicted molar refractivity (Wildman–Crippen MR) is 56.9 cm³/mol. The predicted octanol–water partition coefficient (Wildman–Crippen LogP) is -1.19. The summed E-state index contributed by atoms with van der Waals surface area (Å²) in [5, 5.41) is 8.68. The second-order valence-corrected chi connectivity index (χ2v) is 4.03. The summed E-state index contributed by atoms with van der Waals surface area (Å²) >= 11 is 0. The van der Waals surface area contributed by atoms with Crippen LogP contribution in [0.4, 0.5) is 0 Å². The van der Waals surface area contributed by atoms with Crippen molar-refractivity contribution < 1.29 is 24.2 Å². The standard InChI is InChI=1S/C10H16N2O5/c1-6-7(2-3-17-6)10(16)12(4-8(11)13)5-9(14)15/h6-7H,2-5H2,1H3,(H2,11,13)(H,14,15). The summed E-state index contributed by atoms with van der Waals surface area (Å²) in [6, 6.07) is 0. The number of aliphatic carboxylic acids is 1. The largest absolute Gasteiger partial charge is 0.480 e. The van der Waals surface area contributed by atoms with Crippen molar-refractivity contribution in [2.45, 2.75) is 19.4 Å². The SMILES string of the molecule is CC1OCCC1C(=O)N(CC(N)=O)CC(=O)O. The summed E-state index contributed by atoms with van der Waals surface area (Å²) in [7, 11) is 0. The summed E-state index contributed by atoms with van der Waals surface area (Å²) in [6.07, 6.45) is 0.279. The number of rotatable bonds is 5. The van der Waals surface area contributed by atoms with Gasteiger partial charge in [-0.3, -0.25) is 14.4 Å². The Morgan fingerprint density at radius 2 is 2.06 bits per heavy atom. The zero-order valence-corrected chi connectivity index (χ0v) is 9.59. The minimum absolute atomic E-state index is 0.258. The lowest BCUT2D eigenvalue weighted by molar-refractivity contribution is -0.148. The van der Waals surface area contributed by atoms with Gasteiger partial charge in [0, 0.05) is 6.61 Å². The maximum absolute atomic E-state index is 12.0. The maximum atomic E-state index is 12.0. The molecule has 7 nitrogen and oxygen atoms in total. The molecule has 0 aromatic rings. The Morgan fingerprint density at radius 3 is 2.47 bits per heavy atom. The van der Waals surface area contributed by atoms with Crippen molar-refractivity contribution in [1.29, 1.82) is 0 Å². The molecule has 1 fully saturated rings. The maximum Gasteiger partial charge on any atom is 0.323 e. The van der Waals surface area contributed by atoms with Gasteiger partial charge in [-0.25, -0.2) is 0 Å². The third-order valence-corrected chi connectivity index (χ3v) is 2.68. The number of carbonyl (C=O) groups is 3. The fourth-order valence-corrected chi connectivity index (χ4v) is 1.85. The number of primary amides is 1. The summed E-state index contributed by atoms with van der Waals surface area (Å²) in [4.78, 5) is 34.4. The van der Waals surface area contributed by atoms with E-state index >= 15 is 0 Å². The molecule has 17 heavy (non-hydrogen) atoms. The Labute approximate surface area is 98.5 Å². The minimum Gasteiger partial charge on any atom is -0.480 e. The third kappa shape index (κ3) is 3.70. The van der Waals surface area contributed by atoms with Crippen LogP contribution in [0.1, 0.15) is 13.3 Å². The summed E-state index contributed by atoms with van der Waals surface area (Å²) in [6.45, 7) is 1.31. The highest BCUT2D eigenvalue weighted by atomic mass is 16.5. The van der Waals surface area contributed by atoms with Crippen LogP contribution in [0, 0.1) is 5.92 Å². The quantitative estimate of drug-likeness (QED) is 0.632. The normalized spacial score (nSPS) is 23.4. The number of hydrogen-bond acceptors (Lipinski definition) is 4. The molecule has 7 heteroatoms. The van der Waals surface area contributed by atoms with Gasteiger partial charge < -0.3 is 20.5 Å². The van der Waals surface area contributed by atoms with Crippen LogP contribution >= 0.6 is 0 Å². The average Bonchev–Trinajstić information content (AvgIpc) is 2.61. The summed E-state index contributed by atoms with van der Waals surface area (Å²) in [5.41, 5.74) is 4.98. The molecular formula is C10H16N2O5. The molecule has 1 aliphatic rings. The number of amides is 2. The molecule has 0 radical (unpaired) electrons. The molecule has 0 aromatic carbocycles. The number of nitrogens with two attached hydrogens (primary N) is 1. The molecule has 2 atom stereocenters. The second-order valence-electron chi connectivity index (χ2n) is 4.03. The van der Waals surface area contributed by atoms with Gasteiger partial charge in [0.05, 0.1) is 18.6 Å². The molecule has 0 aliphatic carbocycles. The van der Waals surface area contributed by atoms with Crippen molar-refractivity contribution in [1.82, 2.24) is 4.90 Å². The van der Waals surface area contributed by atoms with Gasteiger partial charge in [-0.05, 0) is 13.3 Å². The van der Waals surface area contributed by atoms with Crippen molar-refractivity contribution in [2.24, 2.45) is 11.7 Å². The highest BCUT2D eigenvalue weighted by Gasteiger charge is 2.34. The first kappa shape index (κ1) is 13.4. The van der Waals surface area contributed by atoms with Crippen LogP contribution < -0.4 is 5.73 Å². The van der Waals surface area contributed by atoms with E-state index in [1.165, 1.54) is 0 Å². The first-order valence-corrected chi connectivity index (χ1v) is 5.32. The minimum atomic E-state index is -1.17. The lowest BCUT2D eigenvalue weighted by atomic mass is 10.0. The Bertz CT molecular complexity index is 315. The van der Waals surface area contributed by atoms with Crippen LogP contribution in [-0.2, 0) is 19.1 Å². The highest BCUT2D eigenvalue weighted by molar-refractivity contribution is 5.88. The van der Waals surface area contributed by atoms with Gasteiger partial charge in [0.15, 0.2) is 0 Å². The molecule has 1 saturated heterocycles. The number of carboxylic acids is 1. The van der Waals surface area contributed by atoms with Gasteiger partial charge in [-0.15, -0.1) is 0 Å². The van der Waals surface area contributed by atoms with Crippen LogP contribution in [0.3, 0.4) is 0 Å². The highest BCUT2D eigenvalue weighted by Crippen LogP contribution is 2.22.